The Morgan fingerprint density at radius 1 is 1.15 bits per heavy atom. The molecule has 1 fully saturated rings. The molecule has 2 atom stereocenters. The first-order valence-electron chi connectivity index (χ1n) is 8.06. The van der Waals surface area contributed by atoms with E-state index in [0.29, 0.717) is 12.0 Å². The molecule has 110 valence electrons. The van der Waals surface area contributed by atoms with Crippen LogP contribution in [0.1, 0.15) is 56.4 Å². The number of hydrogen-bond donors (Lipinski definition) is 2. The van der Waals surface area contributed by atoms with Crippen molar-refractivity contribution in [2.75, 3.05) is 6.61 Å². The van der Waals surface area contributed by atoms with E-state index in [2.05, 4.69) is 23.6 Å². The molecule has 0 bridgehead atoms. The van der Waals surface area contributed by atoms with Gasteiger partial charge in [-0.3, -0.25) is 11.3 Å². The van der Waals surface area contributed by atoms with Gasteiger partial charge in [-0.05, 0) is 30.4 Å². The van der Waals surface area contributed by atoms with Crippen LogP contribution in [-0.4, -0.2) is 12.6 Å². The van der Waals surface area contributed by atoms with Gasteiger partial charge in [-0.1, -0.05) is 50.3 Å². The number of hydrazine groups is 1. The molecule has 0 spiro atoms. The summed E-state index contributed by atoms with van der Waals surface area (Å²) < 4.78 is 5.77. The Bertz CT molecular complexity index is 429. The molecule has 1 aliphatic carbocycles. The molecule has 2 aliphatic rings. The van der Waals surface area contributed by atoms with Crippen LogP contribution >= 0.6 is 0 Å². The van der Waals surface area contributed by atoms with Crippen LogP contribution in [0.4, 0.5) is 0 Å². The van der Waals surface area contributed by atoms with E-state index >= 15 is 0 Å². The van der Waals surface area contributed by atoms with Gasteiger partial charge in [-0.25, -0.2) is 0 Å². The van der Waals surface area contributed by atoms with E-state index in [1.165, 1.54) is 44.1 Å². The van der Waals surface area contributed by atoms with Crippen LogP contribution < -0.4 is 16.0 Å². The molecule has 3 heteroatoms. The summed E-state index contributed by atoms with van der Waals surface area (Å²) in [6, 6.07) is 8.81. The predicted octanol–water partition coefficient (Wildman–Crippen LogP) is 3.36. The highest BCUT2D eigenvalue weighted by molar-refractivity contribution is 5.38. The number of benzene rings is 1. The van der Waals surface area contributed by atoms with Gasteiger partial charge in [0.15, 0.2) is 0 Å². The van der Waals surface area contributed by atoms with Crippen molar-refractivity contribution in [1.82, 2.24) is 5.43 Å². The third kappa shape index (κ3) is 2.99. The molecule has 3 nitrogen and oxygen atoms in total. The molecule has 1 aromatic rings. The Balaban J connectivity index is 1.72. The quantitative estimate of drug-likeness (QED) is 0.654. The zero-order chi connectivity index (χ0) is 13.8. The molecule has 0 saturated heterocycles. The maximum absolute atomic E-state index is 5.89. The molecule has 0 aromatic heterocycles. The lowest BCUT2D eigenvalue weighted by molar-refractivity contribution is 0.220. The molecule has 20 heavy (non-hydrogen) atoms. The second kappa shape index (κ2) is 6.59. The fourth-order valence-electron chi connectivity index (χ4n) is 3.92. The average molecular weight is 274 g/mol. The molecule has 2 unspecified atom stereocenters. The summed E-state index contributed by atoms with van der Waals surface area (Å²) in [4.78, 5) is 0. The third-order valence-corrected chi connectivity index (χ3v) is 5.02. The fraction of sp³-hybridized carbons (Fsp3) is 0.647. The lowest BCUT2D eigenvalue weighted by Crippen LogP contribution is -2.42. The van der Waals surface area contributed by atoms with Crippen molar-refractivity contribution < 1.29 is 4.74 Å². The van der Waals surface area contributed by atoms with Gasteiger partial charge >= 0.3 is 0 Å². The van der Waals surface area contributed by atoms with Gasteiger partial charge in [0.25, 0.3) is 0 Å². The molecule has 3 rings (SSSR count). The SMILES string of the molecule is NNC(CC1CCCCC1)C1CCOc2ccccc21. The van der Waals surface area contributed by atoms with Crippen molar-refractivity contribution >= 4 is 0 Å². The minimum atomic E-state index is 0.378. The minimum absolute atomic E-state index is 0.378. The second-order valence-electron chi connectivity index (χ2n) is 6.29. The first-order valence-corrected chi connectivity index (χ1v) is 8.06. The zero-order valence-electron chi connectivity index (χ0n) is 12.2. The monoisotopic (exact) mass is 274 g/mol. The lowest BCUT2D eigenvalue weighted by Gasteiger charge is -2.34. The van der Waals surface area contributed by atoms with Crippen molar-refractivity contribution in [3.63, 3.8) is 0 Å². The summed E-state index contributed by atoms with van der Waals surface area (Å²) in [6.07, 6.45) is 9.23. The van der Waals surface area contributed by atoms with Crippen molar-refractivity contribution in [2.24, 2.45) is 11.8 Å². The van der Waals surface area contributed by atoms with Crippen LogP contribution in [0.3, 0.4) is 0 Å². The van der Waals surface area contributed by atoms with Gasteiger partial charge in [0.2, 0.25) is 0 Å². The van der Waals surface area contributed by atoms with E-state index in [-0.39, 0.29) is 0 Å². The smallest absolute Gasteiger partial charge is 0.122 e. The minimum Gasteiger partial charge on any atom is -0.493 e. The highest BCUT2D eigenvalue weighted by Crippen LogP contribution is 2.38. The van der Waals surface area contributed by atoms with Crippen LogP contribution in [0.5, 0.6) is 5.75 Å². The summed E-state index contributed by atoms with van der Waals surface area (Å²) in [5.74, 6) is 8.28. The van der Waals surface area contributed by atoms with E-state index < -0.39 is 0 Å². The van der Waals surface area contributed by atoms with E-state index in [9.17, 15) is 0 Å². The summed E-state index contributed by atoms with van der Waals surface area (Å²) in [5, 5.41) is 0. The topological polar surface area (TPSA) is 47.3 Å². The molecule has 1 aromatic carbocycles. The zero-order valence-corrected chi connectivity index (χ0v) is 12.2. The standard InChI is InChI=1S/C17H26N2O/c18-19-16(12-13-6-2-1-3-7-13)14-10-11-20-17-9-5-4-8-15(14)17/h4-5,8-9,13-14,16,19H,1-3,6-7,10-12,18H2. The van der Waals surface area contributed by atoms with Crippen LogP contribution in [0.25, 0.3) is 0 Å². The molecule has 1 saturated carbocycles. The van der Waals surface area contributed by atoms with E-state index in [1.807, 2.05) is 6.07 Å². The highest BCUT2D eigenvalue weighted by atomic mass is 16.5. The number of nitrogens with one attached hydrogen (secondary N) is 1. The Labute approximate surface area is 121 Å². The summed E-state index contributed by atoms with van der Waals surface area (Å²) >= 11 is 0. The number of para-hydroxylation sites is 1. The van der Waals surface area contributed by atoms with E-state index in [1.54, 1.807) is 0 Å². The Hall–Kier alpha value is -1.06. The second-order valence-corrected chi connectivity index (χ2v) is 6.29. The molecule has 0 radical (unpaired) electrons. The van der Waals surface area contributed by atoms with Crippen LogP contribution in [0.2, 0.25) is 0 Å². The number of rotatable bonds is 4. The van der Waals surface area contributed by atoms with Gasteiger partial charge in [-0.15, -0.1) is 0 Å². The van der Waals surface area contributed by atoms with Crippen LogP contribution in [0.15, 0.2) is 24.3 Å². The van der Waals surface area contributed by atoms with Crippen molar-refractivity contribution in [3.8, 4) is 5.75 Å². The number of hydrogen-bond acceptors (Lipinski definition) is 3. The molecule has 1 heterocycles. The first kappa shape index (κ1) is 13.9. The van der Waals surface area contributed by atoms with Crippen molar-refractivity contribution in [1.29, 1.82) is 0 Å². The summed E-state index contributed by atoms with van der Waals surface area (Å²) in [7, 11) is 0. The maximum Gasteiger partial charge on any atom is 0.122 e. The largest absolute Gasteiger partial charge is 0.493 e. The van der Waals surface area contributed by atoms with Gasteiger partial charge in [0.1, 0.15) is 5.75 Å². The Kier molecular flexibility index (Phi) is 4.58. The third-order valence-electron chi connectivity index (χ3n) is 5.02. The van der Waals surface area contributed by atoms with E-state index in [4.69, 9.17) is 10.6 Å². The van der Waals surface area contributed by atoms with Crippen molar-refractivity contribution in [2.45, 2.75) is 56.9 Å². The average Bonchev–Trinajstić information content (AvgIpc) is 2.53. The molecular weight excluding hydrogens is 248 g/mol. The molecule has 1 aliphatic heterocycles. The summed E-state index contributed by atoms with van der Waals surface area (Å²) in [6.45, 7) is 0.810. The normalized spacial score (nSPS) is 24.8. The predicted molar refractivity (Wildman–Crippen MR) is 81.6 cm³/mol. The lowest BCUT2D eigenvalue weighted by atomic mass is 9.78. The fourth-order valence-corrected chi connectivity index (χ4v) is 3.92. The van der Waals surface area contributed by atoms with Gasteiger partial charge in [-0.2, -0.15) is 0 Å². The maximum atomic E-state index is 5.89. The van der Waals surface area contributed by atoms with Crippen molar-refractivity contribution in [3.05, 3.63) is 29.8 Å². The van der Waals surface area contributed by atoms with Crippen LogP contribution in [0, 0.1) is 5.92 Å². The molecule has 3 N–H and O–H groups in total. The Morgan fingerprint density at radius 3 is 2.75 bits per heavy atom. The van der Waals surface area contributed by atoms with Gasteiger partial charge in [0.05, 0.1) is 6.61 Å². The highest BCUT2D eigenvalue weighted by Gasteiger charge is 2.30. The van der Waals surface area contributed by atoms with Crippen LogP contribution in [-0.2, 0) is 0 Å². The molecule has 0 amide bonds. The summed E-state index contributed by atoms with van der Waals surface area (Å²) in [5.41, 5.74) is 4.44. The number of fused-ring (bicyclic) bond motifs is 1. The van der Waals surface area contributed by atoms with Gasteiger partial charge < -0.3 is 4.74 Å². The van der Waals surface area contributed by atoms with Gasteiger partial charge in [0, 0.05) is 12.0 Å². The first-order chi connectivity index (χ1) is 9.88. The molecular formula is C17H26N2O. The number of nitrogens with two attached hydrogens (primary N) is 1. The van der Waals surface area contributed by atoms with E-state index in [0.717, 1.165) is 24.7 Å². The Morgan fingerprint density at radius 2 is 1.95 bits per heavy atom. The number of ether oxygens (including phenoxy) is 1.